The number of amides is 1. The first-order chi connectivity index (χ1) is 15.7. The third-order valence-electron chi connectivity index (χ3n) is 5.22. The maximum Gasteiger partial charge on any atom is 0.276 e. The molecular weight excluding hydrogens is 420 g/mol. The highest BCUT2D eigenvalue weighted by Gasteiger charge is 2.34. The van der Waals surface area contributed by atoms with Gasteiger partial charge < -0.3 is 4.74 Å². The van der Waals surface area contributed by atoms with Crippen LogP contribution in [-0.4, -0.2) is 21.8 Å². The van der Waals surface area contributed by atoms with Crippen molar-refractivity contribution < 1.29 is 9.53 Å². The van der Waals surface area contributed by atoms with Crippen LogP contribution in [0.3, 0.4) is 0 Å². The average Bonchev–Trinajstić information content (AvgIpc) is 2.83. The van der Waals surface area contributed by atoms with Crippen LogP contribution < -0.4 is 20.6 Å². The fourth-order valence-electron chi connectivity index (χ4n) is 3.72. The maximum absolute atomic E-state index is 13.0. The molecule has 3 aromatic rings. The molecule has 1 unspecified atom stereocenters. The van der Waals surface area contributed by atoms with Gasteiger partial charge in [-0.2, -0.15) is 0 Å². The minimum atomic E-state index is -0.429. The van der Waals surface area contributed by atoms with E-state index in [9.17, 15) is 4.79 Å². The number of fused-ring (bicyclic) bond motifs is 2. The van der Waals surface area contributed by atoms with Gasteiger partial charge >= 0.3 is 0 Å². The summed E-state index contributed by atoms with van der Waals surface area (Å²) in [6, 6.07) is 25.6. The van der Waals surface area contributed by atoms with Crippen molar-refractivity contribution in [2.75, 3.05) is 5.75 Å². The highest BCUT2D eigenvalue weighted by atomic mass is 32.2. The van der Waals surface area contributed by atoms with Crippen LogP contribution in [0, 0.1) is 0 Å². The lowest BCUT2D eigenvalue weighted by atomic mass is 10.1. The highest BCUT2D eigenvalue weighted by Crippen LogP contribution is 2.31. The molecule has 2 aliphatic heterocycles. The van der Waals surface area contributed by atoms with Crippen molar-refractivity contribution in [1.29, 1.82) is 0 Å². The number of benzene rings is 3. The number of hydrazone groups is 1. The molecule has 1 atom stereocenters. The Kier molecular flexibility index (Phi) is 5.64. The predicted molar refractivity (Wildman–Crippen MR) is 126 cm³/mol. The Labute approximate surface area is 190 Å². The van der Waals surface area contributed by atoms with Gasteiger partial charge in [-0.05, 0) is 35.1 Å². The molecule has 2 heterocycles. The lowest BCUT2D eigenvalue weighted by Gasteiger charge is -2.34. The quantitative estimate of drug-likeness (QED) is 0.659. The van der Waals surface area contributed by atoms with E-state index in [2.05, 4.69) is 5.32 Å². The van der Waals surface area contributed by atoms with E-state index in [0.717, 1.165) is 33.2 Å². The normalized spacial score (nSPS) is 17.0. The first-order valence-electron chi connectivity index (χ1n) is 10.5. The summed E-state index contributed by atoms with van der Waals surface area (Å²) in [6.45, 7) is 2.54. The summed E-state index contributed by atoms with van der Waals surface area (Å²) in [4.78, 5) is 17.9. The molecule has 6 nitrogen and oxygen atoms in total. The van der Waals surface area contributed by atoms with E-state index in [0.29, 0.717) is 17.5 Å². The molecule has 0 aromatic heterocycles. The number of nitrogens with zero attached hydrogens (tertiary/aromatic N) is 3. The Bertz CT molecular complexity index is 1290. The molecule has 0 spiro atoms. The summed E-state index contributed by atoms with van der Waals surface area (Å²) in [5.41, 5.74) is 2.57. The van der Waals surface area contributed by atoms with Gasteiger partial charge in [0.1, 0.15) is 18.1 Å². The summed E-state index contributed by atoms with van der Waals surface area (Å²) in [5, 5.41) is 11.5. The third-order valence-corrected chi connectivity index (χ3v) is 5.97. The minimum absolute atomic E-state index is 0.161. The van der Waals surface area contributed by atoms with Crippen LogP contribution in [-0.2, 0) is 11.4 Å². The monoisotopic (exact) mass is 442 g/mol. The molecular formula is C25H22N4O2S. The van der Waals surface area contributed by atoms with Crippen LogP contribution in [0.4, 0.5) is 0 Å². The molecule has 1 N–H and O–H groups in total. The van der Waals surface area contributed by atoms with Crippen LogP contribution in [0.5, 0.6) is 5.75 Å². The minimum Gasteiger partial charge on any atom is -0.489 e. The van der Waals surface area contributed by atoms with Gasteiger partial charge in [0.2, 0.25) is 0 Å². The molecule has 0 aliphatic carbocycles. The fourth-order valence-corrected chi connectivity index (χ4v) is 4.31. The number of carbonyl (C=O) groups excluding carboxylic acids is 1. The van der Waals surface area contributed by atoms with Crippen LogP contribution in [0.15, 0.2) is 89.0 Å². The van der Waals surface area contributed by atoms with Crippen molar-refractivity contribution in [2.45, 2.75) is 19.7 Å². The summed E-state index contributed by atoms with van der Waals surface area (Å²) in [5.74, 6) is 1.43. The second-order valence-electron chi connectivity index (χ2n) is 7.35. The number of ether oxygens (including phenoxy) is 1. The number of amidine groups is 1. The molecule has 0 saturated carbocycles. The largest absolute Gasteiger partial charge is 0.489 e. The number of hydrogen-bond acceptors (Lipinski definition) is 6. The summed E-state index contributed by atoms with van der Waals surface area (Å²) in [6.07, 6.45) is -0.429. The van der Waals surface area contributed by atoms with Gasteiger partial charge in [0.25, 0.3) is 5.91 Å². The Morgan fingerprint density at radius 3 is 2.53 bits per heavy atom. The van der Waals surface area contributed by atoms with Crippen molar-refractivity contribution in [3.63, 3.8) is 0 Å². The second kappa shape index (κ2) is 8.88. The van der Waals surface area contributed by atoms with Crippen LogP contribution >= 0.6 is 11.8 Å². The van der Waals surface area contributed by atoms with Crippen LogP contribution in [0.1, 0.15) is 24.2 Å². The molecule has 1 amide bonds. The zero-order chi connectivity index (χ0) is 21.9. The number of hydrogen-bond donors (Lipinski definition) is 1. The SMILES string of the molecule is CCSC1=NN2C(=c3ccccc3=NC2c2ccc(OCc3ccccc3)cc2)C(=O)N1. The molecule has 3 aromatic carbocycles. The summed E-state index contributed by atoms with van der Waals surface area (Å²) < 4.78 is 5.92. The van der Waals surface area contributed by atoms with Gasteiger partial charge in [-0.3, -0.25) is 15.1 Å². The molecule has 0 bridgehead atoms. The van der Waals surface area contributed by atoms with Crippen LogP contribution in [0.25, 0.3) is 5.70 Å². The molecule has 0 saturated heterocycles. The van der Waals surface area contributed by atoms with Gasteiger partial charge in [0.05, 0.1) is 5.36 Å². The lowest BCUT2D eigenvalue weighted by Crippen LogP contribution is -2.50. The Morgan fingerprint density at radius 1 is 1.00 bits per heavy atom. The van der Waals surface area contributed by atoms with E-state index in [1.54, 1.807) is 5.01 Å². The van der Waals surface area contributed by atoms with E-state index in [1.165, 1.54) is 11.8 Å². The van der Waals surface area contributed by atoms with Crippen molar-refractivity contribution in [3.05, 3.63) is 101 Å². The molecule has 5 rings (SSSR count). The number of para-hydroxylation sites is 1. The Morgan fingerprint density at radius 2 is 1.75 bits per heavy atom. The van der Waals surface area contributed by atoms with Crippen molar-refractivity contribution in [3.8, 4) is 5.75 Å². The number of carbonyl (C=O) groups is 1. The fraction of sp³-hybridized carbons (Fsp3) is 0.160. The Balaban J connectivity index is 1.48. The van der Waals surface area contributed by atoms with E-state index in [-0.39, 0.29) is 5.91 Å². The van der Waals surface area contributed by atoms with Crippen molar-refractivity contribution >= 4 is 28.5 Å². The molecule has 2 aliphatic rings. The molecule has 160 valence electrons. The molecule has 0 radical (unpaired) electrons. The number of nitrogens with one attached hydrogen (secondary N) is 1. The first-order valence-corrected chi connectivity index (χ1v) is 11.5. The van der Waals surface area contributed by atoms with Gasteiger partial charge in [-0.15, -0.1) is 5.10 Å². The third kappa shape index (κ3) is 3.99. The molecule has 32 heavy (non-hydrogen) atoms. The first kappa shape index (κ1) is 20.3. The van der Waals surface area contributed by atoms with Gasteiger partial charge in [-0.25, -0.2) is 5.01 Å². The van der Waals surface area contributed by atoms with E-state index >= 15 is 0 Å². The lowest BCUT2D eigenvalue weighted by molar-refractivity contribution is -0.116. The summed E-state index contributed by atoms with van der Waals surface area (Å²) >= 11 is 1.50. The van der Waals surface area contributed by atoms with E-state index in [4.69, 9.17) is 14.8 Å². The molecule has 0 fully saturated rings. The second-order valence-corrected chi connectivity index (χ2v) is 8.60. The topological polar surface area (TPSA) is 66.3 Å². The average molecular weight is 443 g/mol. The van der Waals surface area contributed by atoms with E-state index < -0.39 is 6.17 Å². The maximum atomic E-state index is 13.0. The number of thioether (sulfide) groups is 1. The summed E-state index contributed by atoms with van der Waals surface area (Å²) in [7, 11) is 0. The Hall–Kier alpha value is -3.58. The van der Waals surface area contributed by atoms with Gasteiger partial charge in [0, 0.05) is 5.22 Å². The molecule has 7 heteroatoms. The van der Waals surface area contributed by atoms with Gasteiger partial charge in [0.15, 0.2) is 11.3 Å². The smallest absolute Gasteiger partial charge is 0.276 e. The van der Waals surface area contributed by atoms with Crippen molar-refractivity contribution in [2.24, 2.45) is 10.1 Å². The van der Waals surface area contributed by atoms with E-state index in [1.807, 2.05) is 85.8 Å². The zero-order valence-corrected chi connectivity index (χ0v) is 18.4. The van der Waals surface area contributed by atoms with Crippen molar-refractivity contribution in [1.82, 2.24) is 10.3 Å². The van der Waals surface area contributed by atoms with Gasteiger partial charge in [-0.1, -0.05) is 79.3 Å². The number of rotatable bonds is 5. The standard InChI is InChI=1S/C25H22N4O2S/c1-2-32-25-27-24(30)22-20-10-6-7-11-21(20)26-23(29(22)28-25)18-12-14-19(15-13-18)31-16-17-8-4-3-5-9-17/h3-15,23H,2,16H2,1H3,(H,27,28,30). The van der Waals surface area contributed by atoms with Crippen LogP contribution in [0.2, 0.25) is 0 Å². The highest BCUT2D eigenvalue weighted by molar-refractivity contribution is 8.13. The predicted octanol–water partition coefficient (Wildman–Crippen LogP) is 3.16. The zero-order valence-electron chi connectivity index (χ0n) is 17.6.